The van der Waals surface area contributed by atoms with Crippen LogP contribution in [0.2, 0.25) is 0 Å². The summed E-state index contributed by atoms with van der Waals surface area (Å²) in [6, 6.07) is 8.54. The lowest BCUT2D eigenvalue weighted by Crippen LogP contribution is -2.28. The minimum atomic E-state index is -0.371. The molecule has 1 aromatic heterocycles. The number of nitrogens with zero attached hydrogens (tertiary/aromatic N) is 4. The number of hydrogen-bond donors (Lipinski definition) is 1. The summed E-state index contributed by atoms with van der Waals surface area (Å²) in [5.41, 5.74) is 1.02. The van der Waals surface area contributed by atoms with Crippen molar-refractivity contribution in [1.82, 2.24) is 19.8 Å². The van der Waals surface area contributed by atoms with Crippen molar-refractivity contribution in [3.63, 3.8) is 0 Å². The molecule has 9 heteroatoms. The standard InChI is InChI=1S/C25H29BrFN5O2/c1-31-11-16-13-32(14-17(16)12-31)6-3-7-34-24-9-19-22(10-23(24)33-2)28-15-29-25(19)30-21-5-4-18(26)8-20(21)27/h4-5,8-10,15-17H,3,6-7,11-14H2,1-2H3,(H,28,29,30). The minimum Gasteiger partial charge on any atom is -0.493 e. The highest BCUT2D eigenvalue weighted by atomic mass is 79.9. The largest absolute Gasteiger partial charge is 0.493 e. The first-order valence-electron chi connectivity index (χ1n) is 11.6. The Morgan fingerprint density at radius 2 is 1.88 bits per heavy atom. The fourth-order valence-electron chi connectivity index (χ4n) is 5.13. The quantitative estimate of drug-likeness (QED) is 0.429. The Morgan fingerprint density at radius 3 is 2.62 bits per heavy atom. The van der Waals surface area contributed by atoms with Crippen LogP contribution in [0.4, 0.5) is 15.9 Å². The predicted octanol–water partition coefficient (Wildman–Crippen LogP) is 4.55. The molecule has 2 unspecified atom stereocenters. The molecule has 2 aliphatic heterocycles. The van der Waals surface area contributed by atoms with Crippen LogP contribution < -0.4 is 14.8 Å². The van der Waals surface area contributed by atoms with Crippen molar-refractivity contribution < 1.29 is 13.9 Å². The molecule has 1 N–H and O–H groups in total. The lowest BCUT2D eigenvalue weighted by molar-refractivity contribution is 0.237. The van der Waals surface area contributed by atoms with E-state index in [2.05, 4.69) is 48.1 Å². The number of ether oxygens (including phenoxy) is 2. The molecule has 0 spiro atoms. The molecule has 2 aliphatic rings. The molecule has 0 saturated carbocycles. The van der Waals surface area contributed by atoms with E-state index in [0.29, 0.717) is 39.6 Å². The third kappa shape index (κ3) is 4.96. The molecule has 2 fully saturated rings. The van der Waals surface area contributed by atoms with Gasteiger partial charge < -0.3 is 24.6 Å². The molecule has 2 atom stereocenters. The molecule has 3 aromatic rings. The fourth-order valence-corrected chi connectivity index (χ4v) is 5.47. The molecule has 34 heavy (non-hydrogen) atoms. The number of anilines is 2. The SMILES string of the molecule is COc1cc2ncnc(Nc3ccc(Br)cc3F)c2cc1OCCCN1CC2CN(C)CC2C1. The van der Waals surface area contributed by atoms with Crippen LogP contribution in [-0.4, -0.2) is 73.3 Å². The van der Waals surface area contributed by atoms with Gasteiger partial charge in [-0.3, -0.25) is 0 Å². The van der Waals surface area contributed by atoms with Gasteiger partial charge in [-0.05, 0) is 49.6 Å². The van der Waals surface area contributed by atoms with Gasteiger partial charge in [-0.25, -0.2) is 14.4 Å². The van der Waals surface area contributed by atoms with Gasteiger partial charge >= 0.3 is 0 Å². The zero-order valence-corrected chi connectivity index (χ0v) is 21.0. The van der Waals surface area contributed by atoms with Crippen molar-refractivity contribution in [2.45, 2.75) is 6.42 Å². The maximum Gasteiger partial charge on any atom is 0.162 e. The highest BCUT2D eigenvalue weighted by Gasteiger charge is 2.38. The van der Waals surface area contributed by atoms with Crippen LogP contribution in [0.15, 0.2) is 41.1 Å². The summed E-state index contributed by atoms with van der Waals surface area (Å²) in [5.74, 6) is 3.01. The van der Waals surface area contributed by atoms with Gasteiger partial charge in [-0.2, -0.15) is 0 Å². The lowest BCUT2D eigenvalue weighted by atomic mass is 10.0. The third-order valence-electron chi connectivity index (χ3n) is 6.73. The average molecular weight is 530 g/mol. The van der Waals surface area contributed by atoms with E-state index >= 15 is 0 Å². The topological polar surface area (TPSA) is 62.8 Å². The van der Waals surface area contributed by atoms with Gasteiger partial charge in [0.2, 0.25) is 0 Å². The van der Waals surface area contributed by atoms with Crippen LogP contribution in [0.3, 0.4) is 0 Å². The maximum absolute atomic E-state index is 14.4. The van der Waals surface area contributed by atoms with E-state index in [9.17, 15) is 4.39 Å². The van der Waals surface area contributed by atoms with Crippen molar-refractivity contribution in [2.24, 2.45) is 11.8 Å². The van der Waals surface area contributed by atoms with Crippen molar-refractivity contribution >= 4 is 38.3 Å². The number of benzene rings is 2. The van der Waals surface area contributed by atoms with Gasteiger partial charge in [-0.1, -0.05) is 15.9 Å². The summed E-state index contributed by atoms with van der Waals surface area (Å²) >= 11 is 3.28. The summed E-state index contributed by atoms with van der Waals surface area (Å²) in [6.07, 6.45) is 2.39. The van der Waals surface area contributed by atoms with E-state index in [0.717, 1.165) is 30.2 Å². The molecule has 2 aromatic carbocycles. The van der Waals surface area contributed by atoms with E-state index in [1.54, 1.807) is 19.2 Å². The highest BCUT2D eigenvalue weighted by Crippen LogP contribution is 2.35. The van der Waals surface area contributed by atoms with Crippen molar-refractivity contribution in [1.29, 1.82) is 0 Å². The normalized spacial score (nSPS) is 20.6. The number of likely N-dealkylation sites (tertiary alicyclic amines) is 2. The number of rotatable bonds is 8. The highest BCUT2D eigenvalue weighted by molar-refractivity contribution is 9.10. The first-order chi connectivity index (χ1) is 16.5. The van der Waals surface area contributed by atoms with Gasteiger partial charge in [-0.15, -0.1) is 0 Å². The number of halogens is 2. The molecular formula is C25H29BrFN5O2. The Bertz CT molecular complexity index is 1170. The first-order valence-corrected chi connectivity index (χ1v) is 12.4. The number of hydrogen-bond acceptors (Lipinski definition) is 7. The number of nitrogens with one attached hydrogen (secondary N) is 1. The lowest BCUT2D eigenvalue weighted by Gasteiger charge is -2.19. The number of aromatic nitrogens is 2. The van der Waals surface area contributed by atoms with E-state index in [-0.39, 0.29) is 5.82 Å². The van der Waals surface area contributed by atoms with Gasteiger partial charge in [0.25, 0.3) is 0 Å². The minimum absolute atomic E-state index is 0.336. The summed E-state index contributed by atoms with van der Waals surface area (Å²) in [4.78, 5) is 13.7. The van der Waals surface area contributed by atoms with Crippen LogP contribution in [-0.2, 0) is 0 Å². The second-order valence-electron chi connectivity index (χ2n) is 9.19. The zero-order chi connectivity index (χ0) is 23.7. The van der Waals surface area contributed by atoms with Crippen LogP contribution in [0.25, 0.3) is 10.9 Å². The van der Waals surface area contributed by atoms with Crippen molar-refractivity contribution in [3.05, 3.63) is 46.9 Å². The van der Waals surface area contributed by atoms with Gasteiger partial charge in [0.1, 0.15) is 18.0 Å². The Balaban J connectivity index is 1.26. The summed E-state index contributed by atoms with van der Waals surface area (Å²) in [7, 11) is 3.83. The first kappa shape index (κ1) is 23.3. The average Bonchev–Trinajstić information content (AvgIpc) is 3.35. The maximum atomic E-state index is 14.4. The molecule has 0 amide bonds. The van der Waals surface area contributed by atoms with Gasteiger partial charge in [0.05, 0.1) is 24.9 Å². The fraction of sp³-hybridized carbons (Fsp3) is 0.440. The predicted molar refractivity (Wildman–Crippen MR) is 135 cm³/mol. The van der Waals surface area contributed by atoms with E-state index in [1.165, 1.54) is 38.6 Å². The number of methoxy groups -OCH3 is 1. The monoisotopic (exact) mass is 529 g/mol. The molecule has 0 radical (unpaired) electrons. The molecule has 180 valence electrons. The van der Waals surface area contributed by atoms with Crippen LogP contribution in [0.5, 0.6) is 11.5 Å². The summed E-state index contributed by atoms with van der Waals surface area (Å²) in [5, 5.41) is 3.81. The molecule has 2 saturated heterocycles. The number of fused-ring (bicyclic) bond motifs is 2. The van der Waals surface area contributed by atoms with Crippen LogP contribution in [0, 0.1) is 17.7 Å². The van der Waals surface area contributed by atoms with Gasteiger partial charge in [0.15, 0.2) is 11.5 Å². The molecule has 0 aliphatic carbocycles. The molecule has 5 rings (SSSR count). The second kappa shape index (κ2) is 10.0. The Morgan fingerprint density at radius 1 is 1.09 bits per heavy atom. The van der Waals surface area contributed by atoms with Crippen molar-refractivity contribution in [2.75, 3.05) is 58.8 Å². The molecule has 3 heterocycles. The molecule has 0 bridgehead atoms. The zero-order valence-electron chi connectivity index (χ0n) is 19.4. The summed E-state index contributed by atoms with van der Waals surface area (Å²) in [6.45, 7) is 6.43. The van der Waals surface area contributed by atoms with E-state index < -0.39 is 0 Å². The molecular weight excluding hydrogens is 501 g/mol. The Labute approximate surface area is 207 Å². The third-order valence-corrected chi connectivity index (χ3v) is 7.22. The van der Waals surface area contributed by atoms with Crippen LogP contribution >= 0.6 is 15.9 Å². The van der Waals surface area contributed by atoms with Crippen LogP contribution in [0.1, 0.15) is 6.42 Å². The Kier molecular flexibility index (Phi) is 6.85. The smallest absolute Gasteiger partial charge is 0.162 e. The summed E-state index contributed by atoms with van der Waals surface area (Å²) < 4.78 is 26.7. The van der Waals surface area contributed by atoms with Gasteiger partial charge in [0, 0.05) is 48.6 Å². The van der Waals surface area contributed by atoms with Crippen molar-refractivity contribution in [3.8, 4) is 11.5 Å². The molecule has 7 nitrogen and oxygen atoms in total. The Hall–Kier alpha value is -2.49. The van der Waals surface area contributed by atoms with E-state index in [1.807, 2.05) is 12.1 Å². The van der Waals surface area contributed by atoms with E-state index in [4.69, 9.17) is 9.47 Å². The second-order valence-corrected chi connectivity index (χ2v) is 10.1.